The van der Waals surface area contributed by atoms with Crippen LogP contribution in [0.25, 0.3) is 0 Å². The molecule has 10 atom stereocenters. The SMILES string of the molecule is COc1cc(CC[C@H]2C[C@H](O)[C@@H](CCO)[C@@H](c3cc(OC)c(O)c(OC[C@@H]4N[C@@H](C)C[C@]56CCC[C@H]5CC[C@@H](c5ccnc(N)c5)[C@]46CC(=O)O)c3)O2)ccc1O. The maximum absolute atomic E-state index is 13.1. The molecule has 13 heteroatoms. The number of hydrogen-bond acceptors (Lipinski definition) is 12. The number of aromatic hydroxyl groups is 2. The van der Waals surface area contributed by atoms with E-state index in [1.807, 2.05) is 18.2 Å². The first kappa shape index (κ1) is 40.9. The third kappa shape index (κ3) is 7.71. The lowest BCUT2D eigenvalue weighted by Crippen LogP contribution is -2.69. The van der Waals surface area contributed by atoms with Crippen LogP contribution < -0.4 is 25.3 Å². The van der Waals surface area contributed by atoms with Crippen LogP contribution in [-0.2, 0) is 16.0 Å². The van der Waals surface area contributed by atoms with Gasteiger partial charge < -0.3 is 55.5 Å². The van der Waals surface area contributed by atoms with Gasteiger partial charge in [0.05, 0.1) is 39.0 Å². The lowest BCUT2D eigenvalue weighted by atomic mass is 9.41. The van der Waals surface area contributed by atoms with E-state index in [-0.39, 0.29) is 66.1 Å². The highest BCUT2D eigenvalue weighted by atomic mass is 16.5. The number of hydrogen-bond donors (Lipinski definition) is 7. The van der Waals surface area contributed by atoms with Crippen LogP contribution >= 0.6 is 0 Å². The van der Waals surface area contributed by atoms with E-state index < -0.39 is 35.6 Å². The second kappa shape index (κ2) is 16.9. The number of aliphatic hydroxyl groups excluding tert-OH is 2. The van der Waals surface area contributed by atoms with E-state index in [0.29, 0.717) is 48.7 Å². The second-order valence-electron chi connectivity index (χ2n) is 16.9. The van der Waals surface area contributed by atoms with Gasteiger partial charge in [-0.3, -0.25) is 4.79 Å². The molecule has 0 radical (unpaired) electrons. The highest BCUT2D eigenvalue weighted by Crippen LogP contribution is 2.71. The van der Waals surface area contributed by atoms with E-state index in [4.69, 9.17) is 24.7 Å². The average Bonchev–Trinajstić information content (AvgIpc) is 3.60. The molecule has 3 aromatic rings. The molecule has 2 saturated carbocycles. The molecule has 8 N–H and O–H groups in total. The number of carbonyl (C=O) groups is 1. The molecular formula is C44H59N3O10. The minimum absolute atomic E-state index is 0.0472. The summed E-state index contributed by atoms with van der Waals surface area (Å²) < 4.78 is 24.4. The topological polar surface area (TPSA) is 206 Å². The van der Waals surface area contributed by atoms with Gasteiger partial charge in [0, 0.05) is 36.2 Å². The Kier molecular flexibility index (Phi) is 12.1. The zero-order chi connectivity index (χ0) is 40.5. The highest BCUT2D eigenvalue weighted by Gasteiger charge is 2.68. The second-order valence-corrected chi connectivity index (χ2v) is 16.9. The summed E-state index contributed by atoms with van der Waals surface area (Å²) in [5.41, 5.74) is 7.83. The van der Waals surface area contributed by atoms with E-state index in [1.54, 1.807) is 30.5 Å². The van der Waals surface area contributed by atoms with E-state index in [1.165, 1.54) is 14.2 Å². The molecule has 1 aromatic heterocycles. The third-order valence-corrected chi connectivity index (χ3v) is 13.9. The Hall–Kier alpha value is -4.30. The fourth-order valence-electron chi connectivity index (χ4n) is 11.7. The van der Waals surface area contributed by atoms with Crippen molar-refractivity contribution in [1.82, 2.24) is 10.3 Å². The van der Waals surface area contributed by atoms with Gasteiger partial charge in [0.25, 0.3) is 0 Å². The van der Waals surface area contributed by atoms with Gasteiger partial charge in [0.15, 0.2) is 23.0 Å². The van der Waals surface area contributed by atoms with E-state index in [0.717, 1.165) is 49.7 Å². The van der Waals surface area contributed by atoms with Crippen LogP contribution in [0.2, 0.25) is 0 Å². The zero-order valence-electron chi connectivity index (χ0n) is 33.2. The number of phenolic OH excluding ortho intramolecular Hbond substituents is 2. The van der Waals surface area contributed by atoms with Crippen molar-refractivity contribution in [3.05, 3.63) is 65.4 Å². The van der Waals surface area contributed by atoms with E-state index in [9.17, 15) is 30.3 Å². The van der Waals surface area contributed by atoms with Crippen molar-refractivity contribution in [2.24, 2.45) is 22.7 Å². The smallest absolute Gasteiger partial charge is 0.304 e. The number of carboxylic acids is 1. The number of aryl methyl sites for hydroxylation is 1. The molecule has 57 heavy (non-hydrogen) atoms. The summed E-state index contributed by atoms with van der Waals surface area (Å²) in [5, 5.41) is 57.6. The number of rotatable bonds is 14. The van der Waals surface area contributed by atoms with Crippen molar-refractivity contribution in [2.75, 3.05) is 33.2 Å². The molecule has 0 bridgehead atoms. The van der Waals surface area contributed by atoms with Gasteiger partial charge in [-0.15, -0.1) is 0 Å². The normalized spacial score (nSPS) is 32.2. The quantitative estimate of drug-likeness (QED) is 0.102. The number of pyridine rings is 1. The van der Waals surface area contributed by atoms with Gasteiger partial charge in [0.2, 0.25) is 5.75 Å². The molecule has 310 valence electrons. The van der Waals surface area contributed by atoms with Crippen LogP contribution in [0, 0.1) is 22.7 Å². The number of piperidine rings is 1. The fraction of sp³-hybridized carbons (Fsp3) is 0.591. The molecule has 2 aliphatic carbocycles. The average molecular weight is 790 g/mol. The van der Waals surface area contributed by atoms with Gasteiger partial charge in [-0.2, -0.15) is 0 Å². The number of benzene rings is 2. The van der Waals surface area contributed by atoms with Crippen LogP contribution in [0.4, 0.5) is 5.82 Å². The Morgan fingerprint density at radius 3 is 2.54 bits per heavy atom. The molecule has 0 amide bonds. The number of nitrogens with two attached hydrogens (primary N) is 1. The zero-order valence-corrected chi connectivity index (χ0v) is 33.2. The Bertz CT molecular complexity index is 1890. The molecule has 0 unspecified atom stereocenters. The molecule has 2 aliphatic heterocycles. The summed E-state index contributed by atoms with van der Waals surface area (Å²) in [4.78, 5) is 17.3. The van der Waals surface area contributed by atoms with Gasteiger partial charge in [-0.1, -0.05) is 12.5 Å². The summed E-state index contributed by atoms with van der Waals surface area (Å²) in [5.74, 6) is -0.0624. The molecule has 4 fully saturated rings. The molecular weight excluding hydrogens is 730 g/mol. The first-order valence-corrected chi connectivity index (χ1v) is 20.5. The number of aliphatic carboxylic acids is 1. The van der Waals surface area contributed by atoms with Crippen LogP contribution in [0.5, 0.6) is 28.7 Å². The lowest BCUT2D eigenvalue weighted by molar-refractivity contribution is -0.166. The number of ether oxygens (including phenoxy) is 4. The number of anilines is 1. The highest BCUT2D eigenvalue weighted by molar-refractivity contribution is 5.69. The minimum atomic E-state index is -0.858. The van der Waals surface area contributed by atoms with Crippen LogP contribution in [0.1, 0.15) is 99.8 Å². The van der Waals surface area contributed by atoms with Crippen molar-refractivity contribution < 1.29 is 49.3 Å². The number of aromatic nitrogens is 1. The third-order valence-electron chi connectivity index (χ3n) is 13.9. The Balaban J connectivity index is 1.22. The number of nitrogen functional groups attached to an aromatic ring is 1. The van der Waals surface area contributed by atoms with Crippen molar-refractivity contribution in [2.45, 2.75) is 114 Å². The molecule has 2 aromatic carbocycles. The Labute approximate surface area is 334 Å². The monoisotopic (exact) mass is 789 g/mol. The molecule has 7 rings (SSSR count). The minimum Gasteiger partial charge on any atom is -0.504 e. The Morgan fingerprint density at radius 2 is 1.81 bits per heavy atom. The predicted octanol–water partition coefficient (Wildman–Crippen LogP) is 5.87. The number of phenols is 2. The van der Waals surface area contributed by atoms with Gasteiger partial charge >= 0.3 is 5.97 Å². The van der Waals surface area contributed by atoms with Crippen LogP contribution in [0.3, 0.4) is 0 Å². The van der Waals surface area contributed by atoms with Gasteiger partial charge in [-0.05, 0) is 135 Å². The predicted molar refractivity (Wildman–Crippen MR) is 213 cm³/mol. The lowest BCUT2D eigenvalue weighted by Gasteiger charge is -2.66. The first-order valence-electron chi connectivity index (χ1n) is 20.5. The molecule has 3 heterocycles. The Morgan fingerprint density at radius 1 is 1.02 bits per heavy atom. The van der Waals surface area contributed by atoms with Crippen molar-refractivity contribution >= 4 is 11.8 Å². The number of aliphatic hydroxyl groups is 2. The van der Waals surface area contributed by atoms with Crippen molar-refractivity contribution in [3.8, 4) is 28.7 Å². The number of methoxy groups -OCH3 is 2. The first-order chi connectivity index (χ1) is 27.4. The van der Waals surface area contributed by atoms with Gasteiger partial charge in [-0.25, -0.2) is 4.98 Å². The maximum Gasteiger partial charge on any atom is 0.304 e. The summed E-state index contributed by atoms with van der Waals surface area (Å²) >= 11 is 0. The van der Waals surface area contributed by atoms with Crippen LogP contribution in [-0.4, -0.2) is 88.2 Å². The van der Waals surface area contributed by atoms with Gasteiger partial charge in [0.1, 0.15) is 12.4 Å². The number of nitrogens with one attached hydrogen (secondary N) is 1. The molecule has 4 aliphatic rings. The summed E-state index contributed by atoms with van der Waals surface area (Å²) in [6, 6.07) is 12.2. The molecule has 1 spiro atoms. The standard InChI is InChI=1S/C44H59N3O10/c1-25-22-43-14-4-5-29(43)8-10-32(27-12-15-46-39(45)20-27)44(43,23-40(51)52)38(47-25)24-56-37-19-28(18-36(55-3)41(37)53)42-31(13-16-48)34(50)21-30(57-42)9-6-26-7-11-33(49)35(17-26)54-2/h7,11-12,15,17-20,25,29-32,34,38,42,47-50,53H,4-6,8-10,13-14,16,21-24H2,1-3H3,(H2,45,46)(H,51,52)/t25-,29-,30-,31+,32-,34-,38-,42+,43+,44+/m0/s1. The number of carboxylic acid groups (broad SMARTS) is 1. The molecule has 2 saturated heterocycles. The van der Waals surface area contributed by atoms with Crippen molar-refractivity contribution in [3.63, 3.8) is 0 Å². The summed E-state index contributed by atoms with van der Waals surface area (Å²) in [6.07, 6.45) is 7.49. The van der Waals surface area contributed by atoms with E-state index in [2.05, 4.69) is 17.2 Å². The fourth-order valence-corrected chi connectivity index (χ4v) is 11.7. The largest absolute Gasteiger partial charge is 0.504 e. The van der Waals surface area contributed by atoms with Crippen LogP contribution in [0.15, 0.2) is 48.7 Å². The maximum atomic E-state index is 13.1. The van der Waals surface area contributed by atoms with E-state index >= 15 is 0 Å². The number of nitrogens with zero attached hydrogens (tertiary/aromatic N) is 1. The molecule has 13 nitrogen and oxygen atoms in total. The van der Waals surface area contributed by atoms with Crippen molar-refractivity contribution in [1.29, 1.82) is 0 Å². The summed E-state index contributed by atoms with van der Waals surface area (Å²) in [7, 11) is 2.96. The summed E-state index contributed by atoms with van der Waals surface area (Å²) in [6.45, 7) is 2.09.